The van der Waals surface area contributed by atoms with E-state index in [1.807, 2.05) is 6.07 Å². The lowest BCUT2D eigenvalue weighted by molar-refractivity contribution is 0.609. The van der Waals surface area contributed by atoms with Gasteiger partial charge in [0.1, 0.15) is 4.90 Å². The molecule has 1 aromatic rings. The summed E-state index contributed by atoms with van der Waals surface area (Å²) in [6, 6.07) is 6.14. The standard InChI is InChI=1S/C8H5Cl2NO2S/c9-7-5-6(3-4-11)1-2-8(7)14(10,12)13/h1-2,5H,3H2. The number of hydrogen-bond donors (Lipinski definition) is 0. The van der Waals surface area contributed by atoms with Crippen LogP contribution < -0.4 is 0 Å². The molecule has 6 heteroatoms. The molecule has 3 nitrogen and oxygen atoms in total. The first-order valence-corrected chi connectivity index (χ1v) is 6.24. The van der Waals surface area contributed by atoms with Crippen LogP contribution in [-0.2, 0) is 15.5 Å². The molecule has 0 saturated heterocycles. The number of hydrogen-bond acceptors (Lipinski definition) is 3. The van der Waals surface area contributed by atoms with Crippen LogP contribution in [0, 0.1) is 11.3 Å². The van der Waals surface area contributed by atoms with Gasteiger partial charge < -0.3 is 0 Å². The Morgan fingerprint density at radius 3 is 2.50 bits per heavy atom. The van der Waals surface area contributed by atoms with E-state index >= 15 is 0 Å². The minimum Gasteiger partial charge on any atom is -0.207 e. The number of nitriles is 1. The quantitative estimate of drug-likeness (QED) is 0.757. The van der Waals surface area contributed by atoms with Crippen LogP contribution in [0.1, 0.15) is 5.56 Å². The highest BCUT2D eigenvalue weighted by molar-refractivity contribution is 8.13. The lowest BCUT2D eigenvalue weighted by Crippen LogP contribution is -1.93. The number of benzene rings is 1. The zero-order valence-electron chi connectivity index (χ0n) is 6.87. The van der Waals surface area contributed by atoms with Crippen molar-refractivity contribution in [2.45, 2.75) is 11.3 Å². The molecule has 0 unspecified atom stereocenters. The van der Waals surface area contributed by atoms with Crippen molar-refractivity contribution in [3.8, 4) is 6.07 Å². The second-order valence-corrected chi connectivity index (χ2v) is 5.48. The van der Waals surface area contributed by atoms with E-state index < -0.39 is 9.05 Å². The molecule has 74 valence electrons. The van der Waals surface area contributed by atoms with Crippen molar-refractivity contribution in [3.63, 3.8) is 0 Å². The van der Waals surface area contributed by atoms with E-state index in [1.165, 1.54) is 18.2 Å². The second-order valence-electron chi connectivity index (χ2n) is 2.54. The summed E-state index contributed by atoms with van der Waals surface area (Å²) in [6.07, 6.45) is 0.183. The fraction of sp³-hybridized carbons (Fsp3) is 0.125. The normalized spacial score (nSPS) is 10.9. The van der Waals surface area contributed by atoms with Gasteiger partial charge in [0, 0.05) is 10.7 Å². The lowest BCUT2D eigenvalue weighted by atomic mass is 10.2. The highest BCUT2D eigenvalue weighted by Gasteiger charge is 2.14. The average molecular weight is 250 g/mol. The molecule has 0 aliphatic heterocycles. The summed E-state index contributed by atoms with van der Waals surface area (Å²) in [7, 11) is 1.31. The second kappa shape index (κ2) is 4.18. The Labute approximate surface area is 91.3 Å². The van der Waals surface area contributed by atoms with Gasteiger partial charge in [-0.2, -0.15) is 5.26 Å². The van der Waals surface area contributed by atoms with E-state index in [0.29, 0.717) is 5.56 Å². The first kappa shape index (κ1) is 11.3. The van der Waals surface area contributed by atoms with Crippen molar-refractivity contribution in [2.24, 2.45) is 0 Å². The van der Waals surface area contributed by atoms with Crippen molar-refractivity contribution >= 4 is 31.3 Å². The molecule has 0 aliphatic rings. The Balaban J connectivity index is 3.23. The maximum atomic E-state index is 10.9. The SMILES string of the molecule is N#CCc1ccc(S(=O)(=O)Cl)c(Cl)c1. The summed E-state index contributed by atoms with van der Waals surface area (Å²) in [5.74, 6) is 0. The van der Waals surface area contributed by atoms with Crippen molar-refractivity contribution in [1.82, 2.24) is 0 Å². The molecule has 0 heterocycles. The van der Waals surface area contributed by atoms with Crippen LogP contribution in [0.4, 0.5) is 0 Å². The number of nitrogens with zero attached hydrogens (tertiary/aromatic N) is 1. The van der Waals surface area contributed by atoms with Gasteiger partial charge in [-0.05, 0) is 17.7 Å². The topological polar surface area (TPSA) is 57.9 Å². The number of halogens is 2. The zero-order chi connectivity index (χ0) is 10.8. The molecule has 0 atom stereocenters. The van der Waals surface area contributed by atoms with Gasteiger partial charge in [0.15, 0.2) is 0 Å². The molecule has 0 saturated carbocycles. The molecule has 1 rings (SSSR count). The highest BCUT2D eigenvalue weighted by atomic mass is 35.7. The van der Waals surface area contributed by atoms with Crippen LogP contribution >= 0.6 is 22.3 Å². The van der Waals surface area contributed by atoms with Gasteiger partial charge in [-0.3, -0.25) is 0 Å². The van der Waals surface area contributed by atoms with Crippen molar-refractivity contribution in [3.05, 3.63) is 28.8 Å². The molecule has 0 radical (unpaired) electrons. The highest BCUT2D eigenvalue weighted by Crippen LogP contribution is 2.25. The van der Waals surface area contributed by atoms with Gasteiger partial charge in [0.25, 0.3) is 9.05 Å². The smallest absolute Gasteiger partial charge is 0.207 e. The van der Waals surface area contributed by atoms with Crippen LogP contribution in [0.3, 0.4) is 0 Å². The van der Waals surface area contributed by atoms with Crippen molar-refractivity contribution < 1.29 is 8.42 Å². The molecule has 0 fully saturated rings. The van der Waals surface area contributed by atoms with Crippen LogP contribution in [0.5, 0.6) is 0 Å². The summed E-state index contributed by atoms with van der Waals surface area (Å²) in [6.45, 7) is 0. The van der Waals surface area contributed by atoms with Gasteiger partial charge in [0.2, 0.25) is 0 Å². The average Bonchev–Trinajstić information content (AvgIpc) is 2.02. The Morgan fingerprint density at radius 1 is 1.43 bits per heavy atom. The molecule has 1 aromatic carbocycles. The first-order chi connectivity index (χ1) is 6.45. The Bertz CT molecular complexity index is 491. The molecule has 0 aromatic heterocycles. The molecular weight excluding hydrogens is 245 g/mol. The lowest BCUT2D eigenvalue weighted by Gasteiger charge is -2.01. The van der Waals surface area contributed by atoms with Crippen molar-refractivity contribution in [2.75, 3.05) is 0 Å². The maximum absolute atomic E-state index is 10.9. The van der Waals surface area contributed by atoms with E-state index in [9.17, 15) is 8.42 Å². The van der Waals surface area contributed by atoms with Crippen LogP contribution in [0.15, 0.2) is 23.1 Å². The molecule has 0 spiro atoms. The molecule has 0 bridgehead atoms. The summed E-state index contributed by atoms with van der Waals surface area (Å²) in [4.78, 5) is -0.137. The minimum absolute atomic E-state index is 0.0350. The van der Waals surface area contributed by atoms with E-state index in [-0.39, 0.29) is 16.3 Å². The molecule has 0 aliphatic carbocycles. The third-order valence-electron chi connectivity index (χ3n) is 1.54. The van der Waals surface area contributed by atoms with Gasteiger partial charge in [-0.15, -0.1) is 0 Å². The predicted molar refractivity (Wildman–Crippen MR) is 53.8 cm³/mol. The van der Waals surface area contributed by atoms with Crippen LogP contribution in [0.2, 0.25) is 5.02 Å². The summed E-state index contributed by atoms with van der Waals surface area (Å²) < 4.78 is 21.9. The summed E-state index contributed by atoms with van der Waals surface area (Å²) >= 11 is 5.68. The summed E-state index contributed by atoms with van der Waals surface area (Å²) in [5.41, 5.74) is 0.654. The van der Waals surface area contributed by atoms with E-state index in [0.717, 1.165) is 0 Å². The monoisotopic (exact) mass is 249 g/mol. The summed E-state index contributed by atoms with van der Waals surface area (Å²) in [5, 5.41) is 8.44. The Kier molecular flexibility index (Phi) is 3.38. The fourth-order valence-electron chi connectivity index (χ4n) is 0.943. The molecule has 0 amide bonds. The Morgan fingerprint density at radius 2 is 2.07 bits per heavy atom. The first-order valence-electron chi connectivity index (χ1n) is 3.55. The largest absolute Gasteiger partial charge is 0.262 e. The maximum Gasteiger partial charge on any atom is 0.262 e. The van der Waals surface area contributed by atoms with Gasteiger partial charge in [0.05, 0.1) is 17.5 Å². The van der Waals surface area contributed by atoms with Crippen molar-refractivity contribution in [1.29, 1.82) is 5.26 Å². The molecule has 14 heavy (non-hydrogen) atoms. The third-order valence-corrected chi connectivity index (χ3v) is 3.35. The Hall–Kier alpha value is -0.760. The molecular formula is C8H5Cl2NO2S. The van der Waals surface area contributed by atoms with E-state index in [4.69, 9.17) is 27.5 Å². The third kappa shape index (κ3) is 2.61. The predicted octanol–water partition coefficient (Wildman–Crippen LogP) is 2.33. The van der Waals surface area contributed by atoms with E-state index in [1.54, 1.807) is 0 Å². The number of rotatable bonds is 2. The fourth-order valence-corrected chi connectivity index (χ4v) is 2.50. The zero-order valence-corrected chi connectivity index (χ0v) is 9.20. The van der Waals surface area contributed by atoms with Gasteiger partial charge in [-0.1, -0.05) is 17.7 Å². The minimum atomic E-state index is -3.81. The van der Waals surface area contributed by atoms with Crippen LogP contribution in [-0.4, -0.2) is 8.42 Å². The van der Waals surface area contributed by atoms with Crippen LogP contribution in [0.25, 0.3) is 0 Å². The van der Waals surface area contributed by atoms with Gasteiger partial charge >= 0.3 is 0 Å². The van der Waals surface area contributed by atoms with E-state index in [2.05, 4.69) is 0 Å². The molecule has 0 N–H and O–H groups in total. The van der Waals surface area contributed by atoms with Gasteiger partial charge in [-0.25, -0.2) is 8.42 Å².